The van der Waals surface area contributed by atoms with Crippen LogP contribution in [0, 0.1) is 12.8 Å². The van der Waals surface area contributed by atoms with E-state index in [1.54, 1.807) is 62.9 Å². The molecule has 0 saturated carbocycles. The Hall–Kier alpha value is 1.45. The molecule has 0 aliphatic carbocycles. The normalized spacial score (nSPS) is 9.42. The summed E-state index contributed by atoms with van der Waals surface area (Å²) < 4.78 is 28.2. The van der Waals surface area contributed by atoms with Gasteiger partial charge in [0.1, 0.15) is 36.1 Å². The first-order valence-electron chi connectivity index (χ1n) is 18.4. The predicted molar refractivity (Wildman–Crippen MR) is 222 cm³/mol. The van der Waals surface area contributed by atoms with E-state index < -0.39 is 29.4 Å². The van der Waals surface area contributed by atoms with Crippen LogP contribution in [0.3, 0.4) is 0 Å². The van der Waals surface area contributed by atoms with Gasteiger partial charge in [-0.3, -0.25) is 28.8 Å². The standard InChI is InChI=1S/C11H20O4.C9H16O4.C6H10O3.C4H9O.C4H9.C3H7BrO.C2H5Br.K.Li.Na.H/c1-4-9(11(13)15-5-2)10(12)7-6-8-14-3;1-3-13-9(11)7-8(10)5-4-6-12-2;1-3-9-6(8)4-5(2)7;1-4(2,3)5;1-3-4-2;1-5-3-2-4;1-2-3;;;;/h9H,4-8H2,1-3H3;3-7H2,1-2H3;3-4H2,1-2H3;1-3H3;1,3-4H2,2H3;2-3H2,1H3;2H2,1H3;;;;/q;;;2*-1;;;3*+1;-1. The van der Waals surface area contributed by atoms with Gasteiger partial charge in [0, 0.05) is 58.0 Å². The predicted octanol–water partition coefficient (Wildman–Crippen LogP) is -1.65. The topological polar surface area (TPSA) is 181 Å². The summed E-state index contributed by atoms with van der Waals surface area (Å²) in [6, 6.07) is 0. The van der Waals surface area contributed by atoms with Gasteiger partial charge in [0.2, 0.25) is 0 Å². The van der Waals surface area contributed by atoms with E-state index in [1.807, 2.05) is 13.8 Å². The summed E-state index contributed by atoms with van der Waals surface area (Å²) in [5, 5.41) is 12.1. The fourth-order valence-electron chi connectivity index (χ4n) is 2.70. The molecule has 1 unspecified atom stereocenters. The third-order valence-corrected chi connectivity index (χ3v) is 5.25. The van der Waals surface area contributed by atoms with Crippen LogP contribution in [0.2, 0.25) is 0 Å². The first-order valence-corrected chi connectivity index (χ1v) is 20.6. The summed E-state index contributed by atoms with van der Waals surface area (Å²) in [6.07, 6.45) is 4.65. The third-order valence-electron chi connectivity index (χ3n) is 4.92. The molecule has 0 heterocycles. The van der Waals surface area contributed by atoms with Crippen molar-refractivity contribution < 1.29 is 164 Å². The van der Waals surface area contributed by atoms with E-state index in [1.165, 1.54) is 13.3 Å². The Morgan fingerprint density at radius 2 is 1.07 bits per heavy atom. The van der Waals surface area contributed by atoms with Gasteiger partial charge in [0.25, 0.3) is 0 Å². The zero-order chi connectivity index (χ0) is 43.8. The molecule has 0 rings (SSSR count). The molecule has 0 spiro atoms. The van der Waals surface area contributed by atoms with Gasteiger partial charge in [-0.25, -0.2) is 0 Å². The van der Waals surface area contributed by atoms with Crippen LogP contribution in [0.1, 0.15) is 128 Å². The summed E-state index contributed by atoms with van der Waals surface area (Å²) in [7, 11) is 4.85. The molecule has 328 valence electrons. The first kappa shape index (κ1) is 82.2. The maximum absolute atomic E-state index is 11.6. The van der Waals surface area contributed by atoms with Crippen molar-refractivity contribution in [3.05, 3.63) is 6.92 Å². The van der Waals surface area contributed by atoms with Gasteiger partial charge in [0.05, 0.1) is 26.4 Å². The minimum Gasteiger partial charge on any atom is -1.00 e. The van der Waals surface area contributed by atoms with E-state index in [2.05, 4.69) is 59.9 Å². The number of Topliss-reactive ketones (excluding diaryl/α,β-unsaturated/α-hetero) is 3. The number of hydrogen-bond donors (Lipinski definition) is 0. The molecule has 57 heavy (non-hydrogen) atoms. The van der Waals surface area contributed by atoms with Crippen LogP contribution in [0.15, 0.2) is 0 Å². The number of alkyl halides is 2. The quantitative estimate of drug-likeness (QED) is 0.0243. The molecule has 0 saturated heterocycles. The van der Waals surface area contributed by atoms with Crippen molar-refractivity contribution in [1.82, 2.24) is 0 Å². The summed E-state index contributed by atoms with van der Waals surface area (Å²) in [6.45, 7) is 23.9. The van der Waals surface area contributed by atoms with Crippen LogP contribution in [-0.4, -0.2) is 112 Å². The maximum atomic E-state index is 11.6. The summed E-state index contributed by atoms with van der Waals surface area (Å²) in [4.78, 5) is 65.5. The van der Waals surface area contributed by atoms with Gasteiger partial charge in [-0.1, -0.05) is 79.8 Å². The average molecular weight is 983 g/mol. The monoisotopic (exact) mass is 980 g/mol. The number of carbonyl (C=O) groups is 6. The van der Waals surface area contributed by atoms with Crippen LogP contribution in [0.5, 0.6) is 0 Å². The molecule has 0 aliphatic heterocycles. The molecule has 0 aromatic rings. The second kappa shape index (κ2) is 69.2. The molecule has 0 aromatic heterocycles. The van der Waals surface area contributed by atoms with Gasteiger partial charge in [-0.05, 0) is 47.0 Å². The van der Waals surface area contributed by atoms with Crippen molar-refractivity contribution in [3.63, 3.8) is 0 Å². The number of halogens is 2. The fourth-order valence-corrected chi connectivity index (χ4v) is 3.02. The zero-order valence-electron chi connectivity index (χ0n) is 39.9. The maximum Gasteiger partial charge on any atom is 1.00 e. The fraction of sp³-hybridized carbons (Fsp3) is 0.821. The van der Waals surface area contributed by atoms with Crippen molar-refractivity contribution in [1.29, 1.82) is 0 Å². The van der Waals surface area contributed by atoms with Crippen LogP contribution in [0.25, 0.3) is 0 Å². The largest absolute Gasteiger partial charge is 1.00 e. The Morgan fingerprint density at radius 3 is 1.33 bits per heavy atom. The van der Waals surface area contributed by atoms with Gasteiger partial charge in [-0.2, -0.15) is 6.42 Å². The van der Waals surface area contributed by atoms with Gasteiger partial charge >= 0.3 is 118 Å². The smallest absolute Gasteiger partial charge is 1.00 e. The number of methoxy groups -OCH3 is 3. The van der Waals surface area contributed by atoms with Crippen LogP contribution < -0.4 is 105 Å². The molecular formula is C39H77Br2KLiNaO13. The molecule has 0 aromatic carbocycles. The molecule has 0 amide bonds. The molecule has 0 radical (unpaired) electrons. The first-order chi connectivity index (χ1) is 25.3. The van der Waals surface area contributed by atoms with E-state index in [9.17, 15) is 33.9 Å². The Morgan fingerprint density at radius 1 is 0.719 bits per heavy atom. The SMILES string of the molecule is CC(C)(C)[O-].CCBr.CCOC(=O)C(CC)C(=O)CCCOC.CCOC(=O)CC(=O)CCCOC.CCOC(=O)CC(C)=O.COCCBr.[CH2-]CCC.[H-].[K+].[Li+].[Na+]. The average Bonchev–Trinajstić information content (AvgIpc) is 3.06. The summed E-state index contributed by atoms with van der Waals surface area (Å²) in [5.74, 6) is -2.17. The van der Waals surface area contributed by atoms with E-state index in [4.69, 9.17) is 14.2 Å². The number of rotatable bonds is 21. The molecule has 13 nitrogen and oxygen atoms in total. The molecule has 18 heteroatoms. The Balaban J connectivity index is -0.0000000521. The second-order valence-electron chi connectivity index (χ2n) is 11.5. The van der Waals surface area contributed by atoms with Crippen molar-refractivity contribution in [2.45, 2.75) is 133 Å². The number of ketones is 3. The van der Waals surface area contributed by atoms with Gasteiger partial charge < -0.3 is 41.9 Å². The van der Waals surface area contributed by atoms with Crippen LogP contribution >= 0.6 is 31.9 Å². The van der Waals surface area contributed by atoms with E-state index in [0.29, 0.717) is 65.1 Å². The Labute approximate surface area is 442 Å². The minimum atomic E-state index is -0.750. The van der Waals surface area contributed by atoms with Crippen molar-refractivity contribution >= 4 is 67.1 Å². The number of esters is 3. The summed E-state index contributed by atoms with van der Waals surface area (Å²) in [5.41, 5.74) is -0.750. The van der Waals surface area contributed by atoms with Crippen molar-refractivity contribution in [2.24, 2.45) is 5.92 Å². The summed E-state index contributed by atoms with van der Waals surface area (Å²) >= 11 is 6.33. The number of unbranched alkanes of at least 4 members (excludes halogenated alkanes) is 1. The Kier molecular flexibility index (Phi) is 99.7. The zero-order valence-corrected chi connectivity index (χ0v) is 47.2. The van der Waals surface area contributed by atoms with E-state index >= 15 is 0 Å². The molecular weight excluding hydrogens is 905 g/mol. The van der Waals surface area contributed by atoms with Crippen molar-refractivity contribution in [2.75, 3.05) is 71.6 Å². The van der Waals surface area contributed by atoms with Crippen molar-refractivity contribution in [3.8, 4) is 0 Å². The molecule has 1 atom stereocenters. The number of carbonyl (C=O) groups excluding carboxylic acids is 6. The number of ether oxygens (including phenoxy) is 6. The second-order valence-corrected chi connectivity index (χ2v) is 13.4. The number of hydrogen-bond acceptors (Lipinski definition) is 13. The van der Waals surface area contributed by atoms with Gasteiger partial charge in [-0.15, -0.1) is 5.60 Å². The molecule has 0 fully saturated rings. The minimum absolute atomic E-state index is 0. The molecule has 0 N–H and O–H groups in total. The molecule has 0 bridgehead atoms. The van der Waals surface area contributed by atoms with Gasteiger partial charge in [0.15, 0.2) is 0 Å². The third kappa shape index (κ3) is 103. The van der Waals surface area contributed by atoms with E-state index in [0.717, 1.165) is 23.7 Å². The van der Waals surface area contributed by atoms with Crippen LogP contribution in [-0.2, 0) is 57.2 Å². The van der Waals surface area contributed by atoms with E-state index in [-0.39, 0.29) is 131 Å². The van der Waals surface area contributed by atoms with Crippen LogP contribution in [0.4, 0.5) is 0 Å². The Bertz CT molecular complexity index is 868. The molecule has 0 aliphatic rings.